The summed E-state index contributed by atoms with van der Waals surface area (Å²) in [5.41, 5.74) is -0.345. The number of phenolic OH excluding ortho intramolecular Hbond substituents is 1. The molecule has 0 saturated heterocycles. The van der Waals surface area contributed by atoms with E-state index >= 15 is 0 Å². The van der Waals surface area contributed by atoms with Crippen LogP contribution in [0.4, 0.5) is 5.69 Å². The van der Waals surface area contributed by atoms with Crippen molar-refractivity contribution in [2.45, 2.75) is 32.1 Å². The van der Waals surface area contributed by atoms with Gasteiger partial charge >= 0.3 is 5.97 Å². The zero-order chi connectivity index (χ0) is 13.9. The molecule has 1 aliphatic carbocycles. The van der Waals surface area contributed by atoms with Crippen LogP contribution in [0.1, 0.15) is 32.1 Å². The van der Waals surface area contributed by atoms with Gasteiger partial charge in [-0.05, 0) is 37.1 Å². The van der Waals surface area contributed by atoms with E-state index in [0.29, 0.717) is 18.5 Å². The van der Waals surface area contributed by atoms with E-state index in [0.717, 1.165) is 12.8 Å². The molecule has 0 aliphatic heterocycles. The molecule has 0 bridgehead atoms. The smallest absolute Gasteiger partial charge is 0.310 e. The monoisotopic (exact) mass is 263 g/mol. The van der Waals surface area contributed by atoms with E-state index in [-0.39, 0.29) is 18.1 Å². The van der Waals surface area contributed by atoms with E-state index < -0.39 is 11.4 Å². The SMILES string of the molecule is O=C(CC1(C(=O)O)CCCC1)Nc1ccc(O)cc1. The summed E-state index contributed by atoms with van der Waals surface area (Å²) < 4.78 is 0. The number of carboxylic acids is 1. The van der Waals surface area contributed by atoms with Gasteiger partial charge in [0.15, 0.2) is 0 Å². The molecule has 1 saturated carbocycles. The summed E-state index contributed by atoms with van der Waals surface area (Å²) in [4.78, 5) is 23.3. The maximum absolute atomic E-state index is 11.9. The van der Waals surface area contributed by atoms with Crippen LogP contribution in [-0.4, -0.2) is 22.1 Å². The third-order valence-electron chi connectivity index (χ3n) is 3.66. The summed E-state index contributed by atoms with van der Waals surface area (Å²) in [5, 5.41) is 21.1. The van der Waals surface area contributed by atoms with Crippen molar-refractivity contribution >= 4 is 17.6 Å². The molecule has 1 fully saturated rings. The van der Waals surface area contributed by atoms with Crippen LogP contribution in [-0.2, 0) is 9.59 Å². The quantitative estimate of drug-likeness (QED) is 0.728. The third-order valence-corrected chi connectivity index (χ3v) is 3.66. The Morgan fingerprint density at radius 3 is 2.26 bits per heavy atom. The van der Waals surface area contributed by atoms with Crippen molar-refractivity contribution in [3.63, 3.8) is 0 Å². The topological polar surface area (TPSA) is 86.6 Å². The Hall–Kier alpha value is -2.04. The summed E-state index contributed by atoms with van der Waals surface area (Å²) >= 11 is 0. The summed E-state index contributed by atoms with van der Waals surface area (Å²) in [7, 11) is 0. The van der Waals surface area contributed by atoms with Gasteiger partial charge in [-0.15, -0.1) is 0 Å². The fourth-order valence-corrected chi connectivity index (χ4v) is 2.58. The summed E-state index contributed by atoms with van der Waals surface area (Å²) in [6, 6.07) is 6.10. The van der Waals surface area contributed by atoms with E-state index in [2.05, 4.69) is 5.32 Å². The van der Waals surface area contributed by atoms with Gasteiger partial charge in [-0.1, -0.05) is 12.8 Å². The minimum atomic E-state index is -0.902. The molecule has 5 heteroatoms. The number of hydrogen-bond acceptors (Lipinski definition) is 3. The Morgan fingerprint density at radius 1 is 1.16 bits per heavy atom. The Kier molecular flexibility index (Phi) is 3.74. The van der Waals surface area contributed by atoms with Crippen LogP contribution in [0.2, 0.25) is 0 Å². The number of rotatable bonds is 4. The molecule has 0 aromatic heterocycles. The van der Waals surface area contributed by atoms with Crippen LogP contribution in [0.15, 0.2) is 24.3 Å². The molecule has 1 amide bonds. The lowest BCUT2D eigenvalue weighted by molar-refractivity contribution is -0.150. The van der Waals surface area contributed by atoms with E-state index in [1.807, 2.05) is 0 Å². The first kappa shape index (κ1) is 13.4. The predicted molar refractivity (Wildman–Crippen MR) is 69.9 cm³/mol. The molecule has 19 heavy (non-hydrogen) atoms. The Balaban J connectivity index is 2.00. The van der Waals surface area contributed by atoms with Gasteiger partial charge in [0.1, 0.15) is 5.75 Å². The highest BCUT2D eigenvalue weighted by Gasteiger charge is 2.42. The van der Waals surface area contributed by atoms with Crippen molar-refractivity contribution in [2.75, 3.05) is 5.32 Å². The number of phenols is 1. The molecular formula is C14H17NO4. The van der Waals surface area contributed by atoms with Crippen LogP contribution >= 0.6 is 0 Å². The number of aromatic hydroxyl groups is 1. The average molecular weight is 263 g/mol. The first-order valence-corrected chi connectivity index (χ1v) is 6.34. The number of anilines is 1. The lowest BCUT2D eigenvalue weighted by Gasteiger charge is -2.22. The van der Waals surface area contributed by atoms with Crippen molar-refractivity contribution in [1.82, 2.24) is 0 Å². The molecule has 0 radical (unpaired) electrons. The van der Waals surface area contributed by atoms with Crippen molar-refractivity contribution in [1.29, 1.82) is 0 Å². The van der Waals surface area contributed by atoms with Crippen molar-refractivity contribution in [3.8, 4) is 5.75 Å². The molecule has 102 valence electrons. The van der Waals surface area contributed by atoms with E-state index in [4.69, 9.17) is 5.11 Å². The van der Waals surface area contributed by atoms with Gasteiger partial charge in [0.05, 0.1) is 5.41 Å². The number of carbonyl (C=O) groups excluding carboxylic acids is 1. The zero-order valence-corrected chi connectivity index (χ0v) is 10.6. The second kappa shape index (κ2) is 5.30. The molecule has 0 heterocycles. The first-order valence-electron chi connectivity index (χ1n) is 6.34. The lowest BCUT2D eigenvalue weighted by atomic mass is 9.82. The van der Waals surface area contributed by atoms with Crippen LogP contribution in [0.3, 0.4) is 0 Å². The van der Waals surface area contributed by atoms with Gasteiger partial charge in [0, 0.05) is 12.1 Å². The number of hydrogen-bond donors (Lipinski definition) is 3. The van der Waals surface area contributed by atoms with Crippen LogP contribution in [0.5, 0.6) is 5.75 Å². The molecule has 1 aliphatic rings. The fourth-order valence-electron chi connectivity index (χ4n) is 2.58. The average Bonchev–Trinajstić information content (AvgIpc) is 2.82. The van der Waals surface area contributed by atoms with Gasteiger partial charge in [0.25, 0.3) is 0 Å². The molecule has 2 rings (SSSR count). The molecule has 5 nitrogen and oxygen atoms in total. The maximum atomic E-state index is 11.9. The standard InChI is InChI=1S/C14H17NO4/c16-11-5-3-10(4-6-11)15-12(17)9-14(13(18)19)7-1-2-8-14/h3-6,16H,1-2,7-9H2,(H,15,17)(H,18,19). The number of aliphatic carboxylic acids is 1. The molecule has 1 aromatic carbocycles. The molecular weight excluding hydrogens is 246 g/mol. The van der Waals surface area contributed by atoms with Crippen molar-refractivity contribution in [2.24, 2.45) is 5.41 Å². The minimum Gasteiger partial charge on any atom is -0.508 e. The number of carbonyl (C=O) groups is 2. The number of nitrogens with one attached hydrogen (secondary N) is 1. The molecule has 1 aromatic rings. The fraction of sp³-hybridized carbons (Fsp3) is 0.429. The third kappa shape index (κ3) is 3.05. The summed E-state index contributed by atoms with van der Waals surface area (Å²) in [5.74, 6) is -1.06. The number of benzene rings is 1. The Bertz CT molecular complexity index is 475. The molecule has 0 atom stereocenters. The van der Waals surface area contributed by atoms with Gasteiger partial charge in [0.2, 0.25) is 5.91 Å². The van der Waals surface area contributed by atoms with E-state index in [9.17, 15) is 14.7 Å². The van der Waals surface area contributed by atoms with E-state index in [1.165, 1.54) is 12.1 Å². The largest absolute Gasteiger partial charge is 0.508 e. The van der Waals surface area contributed by atoms with Crippen LogP contribution in [0.25, 0.3) is 0 Å². The summed E-state index contributed by atoms with van der Waals surface area (Å²) in [6.07, 6.45) is 2.84. The van der Waals surface area contributed by atoms with Gasteiger partial charge in [-0.3, -0.25) is 9.59 Å². The minimum absolute atomic E-state index is 0.00318. The van der Waals surface area contributed by atoms with Crippen LogP contribution < -0.4 is 5.32 Å². The van der Waals surface area contributed by atoms with Crippen LogP contribution in [0, 0.1) is 5.41 Å². The normalized spacial score (nSPS) is 17.1. The molecule has 0 spiro atoms. The number of carboxylic acid groups (broad SMARTS) is 1. The molecule has 0 unspecified atom stereocenters. The van der Waals surface area contributed by atoms with Gasteiger partial charge in [-0.2, -0.15) is 0 Å². The predicted octanol–water partition coefficient (Wildman–Crippen LogP) is 2.37. The molecule has 3 N–H and O–H groups in total. The highest BCUT2D eigenvalue weighted by atomic mass is 16.4. The van der Waals surface area contributed by atoms with Crippen molar-refractivity contribution in [3.05, 3.63) is 24.3 Å². The first-order chi connectivity index (χ1) is 9.02. The maximum Gasteiger partial charge on any atom is 0.310 e. The highest BCUT2D eigenvalue weighted by molar-refractivity contribution is 5.94. The second-order valence-corrected chi connectivity index (χ2v) is 5.06. The summed E-state index contributed by atoms with van der Waals surface area (Å²) in [6.45, 7) is 0. The van der Waals surface area contributed by atoms with E-state index in [1.54, 1.807) is 12.1 Å². The van der Waals surface area contributed by atoms with Gasteiger partial charge < -0.3 is 15.5 Å². The Labute approximate surface area is 111 Å². The highest BCUT2D eigenvalue weighted by Crippen LogP contribution is 2.41. The van der Waals surface area contributed by atoms with Gasteiger partial charge in [-0.25, -0.2) is 0 Å². The Morgan fingerprint density at radius 2 is 1.74 bits per heavy atom. The zero-order valence-electron chi connectivity index (χ0n) is 10.6. The van der Waals surface area contributed by atoms with Crippen molar-refractivity contribution < 1.29 is 19.8 Å². The second-order valence-electron chi connectivity index (χ2n) is 5.06. The number of amides is 1. The lowest BCUT2D eigenvalue weighted by Crippen LogP contribution is -2.32.